The number of thiazole rings is 1. The molecule has 2 rings (SSSR count). The fourth-order valence-corrected chi connectivity index (χ4v) is 2.69. The van der Waals surface area contributed by atoms with Gasteiger partial charge in [-0.2, -0.15) is 0 Å². The standard InChI is InChI=1S/C15H19N3OS/c1-9-5-10(2)7-13(6-9)17-12(4)14(19)18-15-16-11(3)8-20-15/h5-8,12,17H,1-4H3,(H,16,18,19)/t12-/m1/s1. The number of hydrogen-bond acceptors (Lipinski definition) is 4. The van der Waals surface area contributed by atoms with Gasteiger partial charge in [0.15, 0.2) is 5.13 Å². The topological polar surface area (TPSA) is 54.0 Å². The highest BCUT2D eigenvalue weighted by Gasteiger charge is 2.14. The lowest BCUT2D eigenvalue weighted by Gasteiger charge is -2.15. The Morgan fingerprint density at radius 1 is 1.20 bits per heavy atom. The summed E-state index contributed by atoms with van der Waals surface area (Å²) < 4.78 is 0. The van der Waals surface area contributed by atoms with Gasteiger partial charge in [0.25, 0.3) is 0 Å². The van der Waals surface area contributed by atoms with Crippen molar-refractivity contribution in [2.45, 2.75) is 33.7 Å². The van der Waals surface area contributed by atoms with E-state index in [9.17, 15) is 4.79 Å². The number of amides is 1. The lowest BCUT2D eigenvalue weighted by Crippen LogP contribution is -2.31. The molecule has 0 bridgehead atoms. The number of hydrogen-bond donors (Lipinski definition) is 2. The molecule has 1 amide bonds. The number of benzene rings is 1. The quantitative estimate of drug-likeness (QED) is 0.905. The van der Waals surface area contributed by atoms with Crippen LogP contribution in [0, 0.1) is 20.8 Å². The number of nitrogens with zero attached hydrogens (tertiary/aromatic N) is 1. The molecule has 0 fully saturated rings. The predicted octanol–water partition coefficient (Wildman–Crippen LogP) is 3.51. The third-order valence-corrected chi connectivity index (χ3v) is 3.72. The van der Waals surface area contributed by atoms with Crippen molar-refractivity contribution < 1.29 is 4.79 Å². The fraction of sp³-hybridized carbons (Fsp3) is 0.333. The van der Waals surface area contributed by atoms with Gasteiger partial charge in [0.1, 0.15) is 6.04 Å². The molecule has 2 N–H and O–H groups in total. The minimum atomic E-state index is -0.319. The number of nitrogens with one attached hydrogen (secondary N) is 2. The average Bonchev–Trinajstić information content (AvgIpc) is 2.73. The van der Waals surface area contributed by atoms with Crippen molar-refractivity contribution >= 4 is 28.1 Å². The first-order chi connectivity index (χ1) is 9.44. The van der Waals surface area contributed by atoms with E-state index in [4.69, 9.17) is 0 Å². The third kappa shape index (κ3) is 3.81. The maximum Gasteiger partial charge on any atom is 0.248 e. The Kier molecular flexibility index (Phi) is 4.39. The highest BCUT2D eigenvalue weighted by Crippen LogP contribution is 2.17. The van der Waals surface area contributed by atoms with E-state index in [2.05, 4.69) is 21.7 Å². The molecule has 0 aliphatic rings. The van der Waals surface area contributed by atoms with Gasteiger partial charge < -0.3 is 10.6 Å². The molecule has 2 aromatic rings. The van der Waals surface area contributed by atoms with Gasteiger partial charge in [0.05, 0.1) is 5.69 Å². The first-order valence-electron chi connectivity index (χ1n) is 6.52. The zero-order valence-corrected chi connectivity index (χ0v) is 13.0. The van der Waals surface area contributed by atoms with E-state index < -0.39 is 0 Å². The summed E-state index contributed by atoms with van der Waals surface area (Å²) in [7, 11) is 0. The highest BCUT2D eigenvalue weighted by atomic mass is 32.1. The second-order valence-electron chi connectivity index (χ2n) is 5.03. The molecular weight excluding hydrogens is 270 g/mol. The van der Waals surface area contributed by atoms with Crippen LogP contribution in [0.4, 0.5) is 10.8 Å². The Morgan fingerprint density at radius 3 is 2.40 bits per heavy atom. The van der Waals surface area contributed by atoms with E-state index in [1.807, 2.05) is 45.2 Å². The summed E-state index contributed by atoms with van der Waals surface area (Å²) in [6, 6.07) is 5.85. The summed E-state index contributed by atoms with van der Waals surface area (Å²) in [5.74, 6) is -0.0847. The fourth-order valence-electron chi connectivity index (χ4n) is 2.00. The normalized spacial score (nSPS) is 12.0. The first-order valence-corrected chi connectivity index (χ1v) is 7.40. The third-order valence-electron chi connectivity index (χ3n) is 2.85. The summed E-state index contributed by atoms with van der Waals surface area (Å²) in [6.07, 6.45) is 0. The molecule has 0 aliphatic carbocycles. The molecule has 0 aliphatic heterocycles. The van der Waals surface area contributed by atoms with Crippen LogP contribution in [0.2, 0.25) is 0 Å². The number of aryl methyl sites for hydroxylation is 3. The largest absolute Gasteiger partial charge is 0.374 e. The van der Waals surface area contributed by atoms with Crippen molar-refractivity contribution in [2.75, 3.05) is 10.6 Å². The van der Waals surface area contributed by atoms with E-state index in [-0.39, 0.29) is 11.9 Å². The lowest BCUT2D eigenvalue weighted by molar-refractivity contribution is -0.116. The maximum atomic E-state index is 12.1. The molecule has 4 nitrogen and oxygen atoms in total. The summed E-state index contributed by atoms with van der Waals surface area (Å²) in [5.41, 5.74) is 4.23. The van der Waals surface area contributed by atoms with Gasteiger partial charge in [0.2, 0.25) is 5.91 Å². The molecule has 0 saturated heterocycles. The van der Waals surface area contributed by atoms with Crippen molar-refractivity contribution in [1.29, 1.82) is 0 Å². The van der Waals surface area contributed by atoms with E-state index in [1.54, 1.807) is 0 Å². The van der Waals surface area contributed by atoms with Crippen LogP contribution >= 0.6 is 11.3 Å². The molecule has 0 unspecified atom stereocenters. The van der Waals surface area contributed by atoms with Crippen molar-refractivity contribution in [1.82, 2.24) is 4.98 Å². The van der Waals surface area contributed by atoms with Crippen LogP contribution in [0.1, 0.15) is 23.7 Å². The van der Waals surface area contributed by atoms with Gasteiger partial charge in [-0.3, -0.25) is 4.79 Å². The smallest absolute Gasteiger partial charge is 0.248 e. The first kappa shape index (κ1) is 14.5. The van der Waals surface area contributed by atoms with Crippen LogP contribution in [-0.4, -0.2) is 16.9 Å². The predicted molar refractivity (Wildman–Crippen MR) is 84.5 cm³/mol. The molecule has 1 heterocycles. The zero-order valence-electron chi connectivity index (χ0n) is 12.2. The molecule has 5 heteroatoms. The number of carbonyl (C=O) groups excluding carboxylic acids is 1. The molecule has 1 atom stereocenters. The second kappa shape index (κ2) is 6.05. The zero-order chi connectivity index (χ0) is 14.7. The van der Waals surface area contributed by atoms with Crippen LogP contribution < -0.4 is 10.6 Å². The molecule has 106 valence electrons. The van der Waals surface area contributed by atoms with Crippen molar-refractivity contribution in [2.24, 2.45) is 0 Å². The number of anilines is 2. The molecular formula is C15H19N3OS. The maximum absolute atomic E-state index is 12.1. The molecule has 1 aromatic heterocycles. The van der Waals surface area contributed by atoms with Crippen molar-refractivity contribution in [3.8, 4) is 0 Å². The Balaban J connectivity index is 2.00. The van der Waals surface area contributed by atoms with E-state index in [0.29, 0.717) is 5.13 Å². The van der Waals surface area contributed by atoms with Gasteiger partial charge >= 0.3 is 0 Å². The van der Waals surface area contributed by atoms with Crippen LogP contribution in [-0.2, 0) is 4.79 Å². The van der Waals surface area contributed by atoms with Gasteiger partial charge in [-0.15, -0.1) is 11.3 Å². The van der Waals surface area contributed by atoms with Gasteiger partial charge in [-0.05, 0) is 51.0 Å². The van der Waals surface area contributed by atoms with E-state index >= 15 is 0 Å². The Labute approximate surface area is 123 Å². The lowest BCUT2D eigenvalue weighted by atomic mass is 10.1. The molecule has 0 spiro atoms. The van der Waals surface area contributed by atoms with E-state index in [0.717, 1.165) is 11.4 Å². The summed E-state index contributed by atoms with van der Waals surface area (Å²) in [5, 5.41) is 8.59. The minimum absolute atomic E-state index is 0.0847. The van der Waals surface area contributed by atoms with Crippen molar-refractivity contribution in [3.05, 3.63) is 40.4 Å². The van der Waals surface area contributed by atoms with Crippen LogP contribution in [0.25, 0.3) is 0 Å². The van der Waals surface area contributed by atoms with Gasteiger partial charge in [-0.1, -0.05) is 6.07 Å². The Bertz CT molecular complexity index is 601. The highest BCUT2D eigenvalue weighted by molar-refractivity contribution is 7.13. The summed E-state index contributed by atoms with van der Waals surface area (Å²) in [4.78, 5) is 16.3. The summed E-state index contributed by atoms with van der Waals surface area (Å²) >= 11 is 1.44. The monoisotopic (exact) mass is 289 g/mol. The molecule has 1 aromatic carbocycles. The Hall–Kier alpha value is -1.88. The average molecular weight is 289 g/mol. The minimum Gasteiger partial charge on any atom is -0.374 e. The molecule has 0 radical (unpaired) electrons. The van der Waals surface area contributed by atoms with Crippen LogP contribution in [0.5, 0.6) is 0 Å². The number of rotatable bonds is 4. The number of aromatic nitrogens is 1. The molecule has 0 saturated carbocycles. The molecule has 20 heavy (non-hydrogen) atoms. The summed E-state index contributed by atoms with van der Waals surface area (Å²) in [6.45, 7) is 7.83. The Morgan fingerprint density at radius 2 is 1.85 bits per heavy atom. The van der Waals surface area contributed by atoms with Gasteiger partial charge in [0, 0.05) is 11.1 Å². The van der Waals surface area contributed by atoms with Gasteiger partial charge in [-0.25, -0.2) is 4.98 Å². The van der Waals surface area contributed by atoms with E-state index in [1.165, 1.54) is 22.5 Å². The van der Waals surface area contributed by atoms with Crippen LogP contribution in [0.15, 0.2) is 23.6 Å². The SMILES string of the molecule is Cc1cc(C)cc(N[C@H](C)C(=O)Nc2nc(C)cs2)c1. The second-order valence-corrected chi connectivity index (χ2v) is 5.88. The number of carbonyl (C=O) groups is 1. The van der Waals surface area contributed by atoms with Crippen molar-refractivity contribution in [3.63, 3.8) is 0 Å². The van der Waals surface area contributed by atoms with Crippen LogP contribution in [0.3, 0.4) is 0 Å².